The molecular formula is C21H26NO2+. The monoisotopic (exact) mass is 324 g/mol. The average molecular weight is 324 g/mol. The molecule has 3 saturated heterocycles. The van der Waals surface area contributed by atoms with Crippen molar-refractivity contribution in [1.29, 1.82) is 0 Å². The molecule has 2 N–H and O–H groups in total. The van der Waals surface area contributed by atoms with E-state index >= 15 is 0 Å². The second-order valence-corrected chi connectivity index (χ2v) is 7.28. The summed E-state index contributed by atoms with van der Waals surface area (Å²) in [5.74, 6) is 2.14. The molecule has 3 heteroatoms. The molecule has 3 fully saturated rings. The summed E-state index contributed by atoms with van der Waals surface area (Å²) in [6.07, 6.45) is 4.05. The van der Waals surface area contributed by atoms with Crippen LogP contribution in [0.25, 0.3) is 10.8 Å². The number of methoxy groups -OCH3 is 1. The fraction of sp³-hybridized carbons (Fsp3) is 0.429. The lowest BCUT2D eigenvalue weighted by molar-refractivity contribution is -0.949. The molecule has 2 bridgehead atoms. The molecule has 0 amide bonds. The number of ether oxygens (including phenoxy) is 1. The van der Waals surface area contributed by atoms with Crippen molar-refractivity contribution in [2.24, 2.45) is 11.8 Å². The Kier molecular flexibility index (Phi) is 4.07. The maximum absolute atomic E-state index is 11.2. The molecule has 0 aromatic heterocycles. The molecular weight excluding hydrogens is 298 g/mol. The normalized spacial score (nSPS) is 30.2. The van der Waals surface area contributed by atoms with Crippen LogP contribution in [-0.4, -0.2) is 31.3 Å². The predicted molar refractivity (Wildman–Crippen MR) is 96.4 cm³/mol. The van der Waals surface area contributed by atoms with E-state index in [1.807, 2.05) is 18.2 Å². The standard InChI is InChI=1S/C21H25NO2/c1-3-14-13-22-10-9-16(14)11-20(22)21(23)18-6-4-5-15-7-8-17(24-2)12-19(15)18/h3-8,12,14,16,20-21,23H,1,9-11,13H2,2H3/p+1/t14-,16-,20+,21-/m0/s1. The first-order valence-electron chi connectivity index (χ1n) is 8.93. The molecule has 126 valence electrons. The second-order valence-electron chi connectivity index (χ2n) is 7.28. The van der Waals surface area contributed by atoms with Crippen LogP contribution in [0.4, 0.5) is 0 Å². The minimum atomic E-state index is -0.427. The number of nitrogens with one attached hydrogen (secondary N) is 1. The Balaban J connectivity index is 1.69. The number of fused-ring (bicyclic) bond motifs is 4. The zero-order valence-electron chi connectivity index (χ0n) is 14.2. The highest BCUT2D eigenvalue weighted by molar-refractivity contribution is 5.87. The van der Waals surface area contributed by atoms with Gasteiger partial charge in [0, 0.05) is 18.8 Å². The fourth-order valence-corrected chi connectivity index (χ4v) is 4.78. The number of quaternary nitrogens is 1. The van der Waals surface area contributed by atoms with Gasteiger partial charge in [0.15, 0.2) is 0 Å². The summed E-state index contributed by atoms with van der Waals surface area (Å²) in [4.78, 5) is 1.54. The van der Waals surface area contributed by atoms with Gasteiger partial charge < -0.3 is 14.7 Å². The lowest BCUT2D eigenvalue weighted by Crippen LogP contribution is -3.20. The lowest BCUT2D eigenvalue weighted by atomic mass is 9.73. The van der Waals surface area contributed by atoms with Gasteiger partial charge in [0.2, 0.25) is 0 Å². The summed E-state index contributed by atoms with van der Waals surface area (Å²) in [7, 11) is 1.69. The Hall–Kier alpha value is -1.84. The lowest BCUT2D eigenvalue weighted by Gasteiger charge is -2.47. The molecule has 3 aliphatic rings. The van der Waals surface area contributed by atoms with Gasteiger partial charge in [-0.15, -0.1) is 6.58 Å². The van der Waals surface area contributed by atoms with Crippen LogP contribution in [-0.2, 0) is 0 Å². The minimum Gasteiger partial charge on any atom is -0.497 e. The summed E-state index contributed by atoms with van der Waals surface area (Å²) in [6.45, 7) is 6.29. The van der Waals surface area contributed by atoms with E-state index in [0.29, 0.717) is 11.8 Å². The van der Waals surface area contributed by atoms with Crippen molar-refractivity contribution in [1.82, 2.24) is 0 Å². The maximum Gasteiger partial charge on any atom is 0.131 e. The van der Waals surface area contributed by atoms with E-state index < -0.39 is 6.10 Å². The van der Waals surface area contributed by atoms with Crippen molar-refractivity contribution >= 4 is 10.8 Å². The van der Waals surface area contributed by atoms with Crippen molar-refractivity contribution < 1.29 is 14.7 Å². The van der Waals surface area contributed by atoms with Crippen molar-refractivity contribution in [3.8, 4) is 5.75 Å². The summed E-state index contributed by atoms with van der Waals surface area (Å²) in [5, 5.41) is 13.5. The Morgan fingerprint density at radius 1 is 1.33 bits per heavy atom. The van der Waals surface area contributed by atoms with E-state index in [0.717, 1.165) is 35.1 Å². The smallest absolute Gasteiger partial charge is 0.131 e. The van der Waals surface area contributed by atoms with Crippen molar-refractivity contribution in [2.45, 2.75) is 25.0 Å². The molecule has 0 radical (unpaired) electrons. The number of aliphatic hydroxyl groups is 1. The summed E-state index contributed by atoms with van der Waals surface area (Å²) in [6, 6.07) is 12.6. The number of hydrogen-bond acceptors (Lipinski definition) is 2. The van der Waals surface area contributed by atoms with Crippen molar-refractivity contribution in [2.75, 3.05) is 20.2 Å². The molecule has 3 aliphatic heterocycles. The van der Waals surface area contributed by atoms with Gasteiger partial charge in [-0.25, -0.2) is 0 Å². The van der Waals surface area contributed by atoms with E-state index in [9.17, 15) is 5.11 Å². The topological polar surface area (TPSA) is 33.9 Å². The molecule has 3 heterocycles. The van der Waals surface area contributed by atoms with Gasteiger partial charge >= 0.3 is 0 Å². The van der Waals surface area contributed by atoms with E-state index in [4.69, 9.17) is 4.74 Å². The molecule has 24 heavy (non-hydrogen) atoms. The summed E-state index contributed by atoms with van der Waals surface area (Å²) < 4.78 is 5.38. The summed E-state index contributed by atoms with van der Waals surface area (Å²) in [5.41, 5.74) is 1.03. The maximum atomic E-state index is 11.2. The zero-order valence-corrected chi connectivity index (χ0v) is 14.2. The third-order valence-corrected chi connectivity index (χ3v) is 6.15. The van der Waals surface area contributed by atoms with Gasteiger partial charge in [-0.2, -0.15) is 0 Å². The quantitative estimate of drug-likeness (QED) is 0.847. The molecule has 2 aromatic rings. The third-order valence-electron chi connectivity index (χ3n) is 6.15. The van der Waals surface area contributed by atoms with Crippen LogP contribution >= 0.6 is 0 Å². The van der Waals surface area contributed by atoms with Gasteiger partial charge in [0.05, 0.1) is 20.2 Å². The molecule has 0 saturated carbocycles. The number of aliphatic hydroxyl groups excluding tert-OH is 1. The van der Waals surface area contributed by atoms with Gasteiger partial charge in [-0.3, -0.25) is 0 Å². The third kappa shape index (κ3) is 2.52. The van der Waals surface area contributed by atoms with E-state index in [-0.39, 0.29) is 6.04 Å². The average Bonchev–Trinajstić information content (AvgIpc) is 2.66. The highest BCUT2D eigenvalue weighted by atomic mass is 16.5. The van der Waals surface area contributed by atoms with Crippen LogP contribution < -0.4 is 9.64 Å². The van der Waals surface area contributed by atoms with Crippen LogP contribution in [0, 0.1) is 11.8 Å². The highest BCUT2D eigenvalue weighted by Gasteiger charge is 2.45. The molecule has 5 atom stereocenters. The first-order valence-corrected chi connectivity index (χ1v) is 8.93. The van der Waals surface area contributed by atoms with Crippen LogP contribution in [0.2, 0.25) is 0 Å². The molecule has 0 aliphatic carbocycles. The van der Waals surface area contributed by atoms with Crippen molar-refractivity contribution in [3.05, 3.63) is 54.6 Å². The predicted octanol–water partition coefficient (Wildman–Crippen LogP) is 2.36. The van der Waals surface area contributed by atoms with Crippen molar-refractivity contribution in [3.63, 3.8) is 0 Å². The Labute approximate surface area is 143 Å². The van der Waals surface area contributed by atoms with Gasteiger partial charge in [0.25, 0.3) is 0 Å². The highest BCUT2D eigenvalue weighted by Crippen LogP contribution is 2.35. The molecule has 2 aromatic carbocycles. The Morgan fingerprint density at radius 2 is 2.21 bits per heavy atom. The van der Waals surface area contributed by atoms with Crippen LogP contribution in [0.3, 0.4) is 0 Å². The zero-order chi connectivity index (χ0) is 16.7. The van der Waals surface area contributed by atoms with Crippen LogP contribution in [0.15, 0.2) is 49.1 Å². The summed E-state index contributed by atoms with van der Waals surface area (Å²) >= 11 is 0. The molecule has 0 spiro atoms. The largest absolute Gasteiger partial charge is 0.497 e. The van der Waals surface area contributed by atoms with Gasteiger partial charge in [-0.1, -0.05) is 30.3 Å². The minimum absolute atomic E-state index is 0.289. The fourth-order valence-electron chi connectivity index (χ4n) is 4.78. The number of benzene rings is 2. The van der Waals surface area contributed by atoms with Gasteiger partial charge in [-0.05, 0) is 34.4 Å². The first kappa shape index (κ1) is 15.7. The van der Waals surface area contributed by atoms with E-state index in [1.165, 1.54) is 17.9 Å². The van der Waals surface area contributed by atoms with E-state index in [2.05, 4.69) is 30.9 Å². The Bertz CT molecular complexity index is 757. The SMILES string of the molecule is C=C[C@H]1C[NH+]2CC[C@H]1C[C@@H]2[C@@H](O)c1cccc2ccc(OC)cc12. The second kappa shape index (κ2) is 6.23. The van der Waals surface area contributed by atoms with E-state index in [1.54, 1.807) is 7.11 Å². The van der Waals surface area contributed by atoms with Crippen LogP contribution in [0.1, 0.15) is 24.5 Å². The number of rotatable bonds is 4. The molecule has 5 rings (SSSR count). The number of hydrogen-bond donors (Lipinski definition) is 2. The molecule has 1 unspecified atom stereocenters. The number of piperidine rings is 3. The first-order chi connectivity index (χ1) is 11.7. The van der Waals surface area contributed by atoms with Gasteiger partial charge in [0.1, 0.15) is 17.9 Å². The Morgan fingerprint density at radius 3 is 2.92 bits per heavy atom. The van der Waals surface area contributed by atoms with Crippen LogP contribution in [0.5, 0.6) is 5.75 Å². The molecule has 3 nitrogen and oxygen atoms in total.